The maximum absolute atomic E-state index is 10.1. The second-order valence-corrected chi connectivity index (χ2v) is 22.9. The van der Waals surface area contributed by atoms with Gasteiger partial charge in [-0.1, -0.05) is 246 Å². The lowest BCUT2D eigenvalue weighted by Crippen LogP contribution is -2.29. The first-order valence-corrected chi connectivity index (χ1v) is 29.0. The van der Waals surface area contributed by atoms with Crippen LogP contribution in [0.5, 0.6) is 0 Å². The van der Waals surface area contributed by atoms with Crippen molar-refractivity contribution in [3.8, 4) is 39.1 Å². The van der Waals surface area contributed by atoms with E-state index in [1.165, 1.54) is 38.1 Å². The smallest absolute Gasteiger partial charge is 0.145 e. The third-order valence-corrected chi connectivity index (χ3v) is 16.3. The van der Waals surface area contributed by atoms with Crippen molar-refractivity contribution in [2.24, 2.45) is 4.99 Å². The number of amidine groups is 1. The van der Waals surface area contributed by atoms with E-state index in [-0.39, 0.29) is 17.2 Å². The molecule has 0 fully saturated rings. The summed E-state index contributed by atoms with van der Waals surface area (Å²) in [5, 5.41) is 18.5. The number of hydrogen-bond donors (Lipinski definition) is 2. The van der Waals surface area contributed by atoms with E-state index in [9.17, 15) is 5.41 Å². The summed E-state index contributed by atoms with van der Waals surface area (Å²) in [7, 11) is 0. The quantitative estimate of drug-likeness (QED) is 0.0780. The van der Waals surface area contributed by atoms with E-state index in [0.717, 1.165) is 78.1 Å². The molecule has 0 saturated carbocycles. The average molecular weight is 1080 g/mol. The van der Waals surface area contributed by atoms with Crippen molar-refractivity contribution in [1.82, 2.24) is 14.5 Å². The second kappa shape index (κ2) is 22.9. The predicted molar refractivity (Wildman–Crippen MR) is 356 cm³/mol. The first-order valence-electron chi connectivity index (χ1n) is 29.0. The molecule has 13 aromatic rings. The van der Waals surface area contributed by atoms with Crippen LogP contribution in [0, 0.1) is 5.41 Å². The Bertz CT molecular complexity index is 4470. The van der Waals surface area contributed by atoms with Crippen molar-refractivity contribution < 1.29 is 0 Å². The van der Waals surface area contributed by atoms with Gasteiger partial charge in [-0.3, -0.25) is 10.4 Å². The first kappa shape index (κ1) is 53.0. The van der Waals surface area contributed by atoms with E-state index in [0.29, 0.717) is 12.0 Å². The number of hydrogen-bond acceptors (Lipinski definition) is 2. The Morgan fingerprint density at radius 1 is 0.464 bits per heavy atom. The van der Waals surface area contributed by atoms with Gasteiger partial charge in [-0.25, -0.2) is 0 Å². The van der Waals surface area contributed by atoms with Gasteiger partial charge in [0.05, 0.1) is 22.1 Å². The molecule has 5 nitrogen and oxygen atoms in total. The summed E-state index contributed by atoms with van der Waals surface area (Å²) < 4.78 is 4.89. The summed E-state index contributed by atoms with van der Waals surface area (Å²) in [6, 6.07) is 99.4. The van der Waals surface area contributed by atoms with Crippen molar-refractivity contribution in [3.05, 3.63) is 319 Å². The van der Waals surface area contributed by atoms with Crippen LogP contribution in [-0.2, 0) is 5.41 Å². The van der Waals surface area contributed by atoms with Crippen molar-refractivity contribution in [1.29, 1.82) is 5.41 Å². The van der Waals surface area contributed by atoms with E-state index in [4.69, 9.17) is 11.6 Å². The normalized spacial score (nSPS) is 12.8. The maximum atomic E-state index is 10.1. The Morgan fingerprint density at radius 2 is 0.952 bits per heavy atom. The number of allylic oxidation sites excluding steroid dienone is 1. The number of fused-ring (bicyclic) bond motifs is 6. The van der Waals surface area contributed by atoms with Crippen molar-refractivity contribution in [2.75, 3.05) is 0 Å². The maximum Gasteiger partial charge on any atom is 0.145 e. The van der Waals surface area contributed by atoms with Crippen LogP contribution in [0.25, 0.3) is 94.5 Å². The van der Waals surface area contributed by atoms with Crippen LogP contribution in [0.3, 0.4) is 0 Å². The van der Waals surface area contributed by atoms with Crippen molar-refractivity contribution in [2.45, 2.75) is 44.7 Å². The first-order chi connectivity index (χ1) is 41.1. The molecule has 0 spiro atoms. The zero-order valence-electron chi connectivity index (χ0n) is 47.6. The van der Waals surface area contributed by atoms with Crippen LogP contribution in [0.2, 0.25) is 0 Å². The molecule has 11 aromatic carbocycles. The van der Waals surface area contributed by atoms with Crippen LogP contribution in [-0.4, -0.2) is 21.2 Å². The summed E-state index contributed by atoms with van der Waals surface area (Å²) in [5.74, 6) is -0.0245. The van der Waals surface area contributed by atoms with Crippen LogP contribution >= 0.6 is 0 Å². The number of nitrogens with one attached hydrogen (secondary N) is 2. The van der Waals surface area contributed by atoms with Crippen LogP contribution in [0.4, 0.5) is 0 Å². The molecule has 0 aliphatic rings. The molecular formula is C79H65N5. The van der Waals surface area contributed by atoms with E-state index in [1.807, 2.05) is 24.4 Å². The molecule has 2 unspecified atom stereocenters. The molecule has 0 amide bonds. The van der Waals surface area contributed by atoms with E-state index < -0.39 is 6.17 Å². The lowest BCUT2D eigenvalue weighted by Gasteiger charge is -2.26. The predicted octanol–water partition coefficient (Wildman–Crippen LogP) is 20.3. The molecule has 0 aliphatic carbocycles. The lowest BCUT2D eigenvalue weighted by atomic mass is 9.86. The standard InChI is InChI=1S/C79H65N5/c1-54(77(80)82-78(62-40-38-60(39-41-62)57-26-12-6-13-27-57)81-53-56-47-63(58-28-14-7-15-29-58)50-64(48-56)59-30-16-8-17-31-59)46-69(61-32-18-9-19-33-61)76(49-55-24-10-5-11-25-55)84-74-44-42-65(79(2,3)4)51-70(74)71-52-66(43-45-75(71)84)83-72-36-22-20-34-67(72)68-35-21-23-37-73(68)83/h5-45,47-53,69,78H,1,46H2,2-4H3,(H2,80,82)/b76-49-,81-53?. The van der Waals surface area contributed by atoms with Gasteiger partial charge in [-0.05, 0) is 145 Å². The minimum absolute atomic E-state index is 0.0867. The largest absolute Gasteiger partial charge is 0.345 e. The molecule has 0 radical (unpaired) electrons. The highest BCUT2D eigenvalue weighted by Crippen LogP contribution is 2.44. The van der Waals surface area contributed by atoms with Gasteiger partial charge in [0.1, 0.15) is 12.0 Å². The Morgan fingerprint density at radius 3 is 1.52 bits per heavy atom. The lowest BCUT2D eigenvalue weighted by molar-refractivity contribution is 0.591. The summed E-state index contributed by atoms with van der Waals surface area (Å²) >= 11 is 0. The van der Waals surface area contributed by atoms with Gasteiger partial charge in [0, 0.05) is 45.1 Å². The summed E-state index contributed by atoms with van der Waals surface area (Å²) in [6.07, 6.45) is 4.12. The summed E-state index contributed by atoms with van der Waals surface area (Å²) in [5.41, 5.74) is 19.4. The van der Waals surface area contributed by atoms with E-state index >= 15 is 0 Å². The van der Waals surface area contributed by atoms with Gasteiger partial charge in [0.2, 0.25) is 0 Å². The van der Waals surface area contributed by atoms with Crippen LogP contribution in [0.1, 0.15) is 67.1 Å². The SMILES string of the molecule is C=C(CC(/C(=C/c1ccccc1)n1c2ccc(-n3c4ccccc4c4ccccc43)cc2c2cc(C(C)(C)C)ccc21)c1ccccc1)C(=N)NC(N=Cc1cc(-c2ccccc2)cc(-c2ccccc2)c1)c1ccc(-c2ccccc2)cc1. The molecule has 2 heterocycles. The minimum Gasteiger partial charge on any atom is -0.345 e. The number of aliphatic imine (C=N–C) groups is 1. The van der Waals surface area contributed by atoms with E-state index in [2.05, 4.69) is 302 Å². The summed E-state index contributed by atoms with van der Waals surface area (Å²) in [4.78, 5) is 5.34. The molecule has 406 valence electrons. The molecule has 0 bridgehead atoms. The van der Waals surface area contributed by atoms with Gasteiger partial charge in [0.15, 0.2) is 0 Å². The molecule has 5 heteroatoms. The fourth-order valence-electron chi connectivity index (χ4n) is 12.0. The number of benzene rings is 11. The molecule has 2 aromatic heterocycles. The summed E-state index contributed by atoms with van der Waals surface area (Å²) in [6.45, 7) is 11.6. The Hall–Kier alpha value is -10.4. The van der Waals surface area contributed by atoms with E-state index in [1.54, 1.807) is 0 Å². The number of nitrogens with zero attached hydrogens (tertiary/aromatic N) is 3. The van der Waals surface area contributed by atoms with Crippen molar-refractivity contribution in [3.63, 3.8) is 0 Å². The Labute approximate surface area is 492 Å². The van der Waals surface area contributed by atoms with Crippen LogP contribution < -0.4 is 5.32 Å². The average Bonchev–Trinajstić information content (AvgIpc) is 3.48. The molecule has 84 heavy (non-hydrogen) atoms. The molecule has 2 atom stereocenters. The highest BCUT2D eigenvalue weighted by atomic mass is 15.1. The highest BCUT2D eigenvalue weighted by molar-refractivity contribution is 6.13. The minimum atomic E-state index is -0.618. The van der Waals surface area contributed by atoms with Gasteiger partial charge in [-0.15, -0.1) is 0 Å². The molecule has 2 N–H and O–H groups in total. The third kappa shape index (κ3) is 10.7. The number of rotatable bonds is 15. The topological polar surface area (TPSA) is 58.1 Å². The monoisotopic (exact) mass is 1080 g/mol. The van der Waals surface area contributed by atoms with Gasteiger partial charge < -0.3 is 14.5 Å². The molecule has 13 rings (SSSR count). The van der Waals surface area contributed by atoms with Gasteiger partial charge in [0.25, 0.3) is 0 Å². The number of aromatic nitrogens is 2. The van der Waals surface area contributed by atoms with Gasteiger partial charge in [-0.2, -0.15) is 0 Å². The van der Waals surface area contributed by atoms with Crippen LogP contribution in [0.15, 0.2) is 296 Å². The fraction of sp³-hybridized carbons (Fsp3) is 0.0886. The highest BCUT2D eigenvalue weighted by Gasteiger charge is 2.27. The molecule has 0 aliphatic heterocycles. The van der Waals surface area contributed by atoms with Crippen molar-refractivity contribution >= 4 is 67.4 Å². The Balaban J connectivity index is 0.923. The number of para-hydroxylation sites is 2. The fourth-order valence-corrected chi connectivity index (χ4v) is 12.0. The second-order valence-electron chi connectivity index (χ2n) is 22.9. The molecule has 0 saturated heterocycles. The Kier molecular flexibility index (Phi) is 14.4. The zero-order chi connectivity index (χ0) is 57.2. The third-order valence-electron chi connectivity index (χ3n) is 16.3. The zero-order valence-corrected chi connectivity index (χ0v) is 47.6. The van der Waals surface area contributed by atoms with Gasteiger partial charge >= 0.3 is 0 Å². The molecular weight excluding hydrogens is 1020 g/mol.